The number of carbonyl (C=O) groups is 3. The van der Waals surface area contributed by atoms with Crippen LogP contribution in [0.3, 0.4) is 0 Å². The molecule has 0 radical (unpaired) electrons. The van der Waals surface area contributed by atoms with E-state index in [0.29, 0.717) is 22.6 Å². The molecule has 0 unspecified atom stereocenters. The van der Waals surface area contributed by atoms with Crippen molar-refractivity contribution in [1.29, 1.82) is 0 Å². The van der Waals surface area contributed by atoms with Crippen molar-refractivity contribution in [3.05, 3.63) is 52.7 Å². The first-order valence-electron chi connectivity index (χ1n) is 8.38. The Labute approximate surface area is 151 Å². The Bertz CT molecular complexity index is 879. The number of benzene rings is 1. The van der Waals surface area contributed by atoms with Gasteiger partial charge in [-0.2, -0.15) is 0 Å². The lowest BCUT2D eigenvalue weighted by Crippen LogP contribution is -2.28. The topological polar surface area (TPSA) is 114 Å². The van der Waals surface area contributed by atoms with Crippen molar-refractivity contribution in [3.8, 4) is 0 Å². The number of hydrogen-bond donors (Lipinski definition) is 3. The molecule has 1 aliphatic carbocycles. The molecule has 0 saturated carbocycles. The molecule has 0 spiro atoms. The Kier molecular flexibility index (Phi) is 5.09. The van der Waals surface area contributed by atoms with E-state index in [0.717, 1.165) is 36.7 Å². The second-order valence-corrected chi connectivity index (χ2v) is 6.35. The SMILES string of the molecule is CC(=O)Nc1cc(C(=O)Nc2ccc3c(c2C=O)CC[C@H](N)C3)ccn1. The van der Waals surface area contributed by atoms with Crippen LogP contribution in [0.5, 0.6) is 0 Å². The molecule has 134 valence electrons. The van der Waals surface area contributed by atoms with Gasteiger partial charge in [0.2, 0.25) is 5.91 Å². The van der Waals surface area contributed by atoms with E-state index < -0.39 is 0 Å². The van der Waals surface area contributed by atoms with Gasteiger partial charge < -0.3 is 16.4 Å². The largest absolute Gasteiger partial charge is 0.327 e. The monoisotopic (exact) mass is 352 g/mol. The number of nitrogens with zero attached hydrogens (tertiary/aromatic N) is 1. The van der Waals surface area contributed by atoms with Crippen molar-refractivity contribution in [2.75, 3.05) is 10.6 Å². The minimum atomic E-state index is -0.380. The number of nitrogens with two attached hydrogens (primary N) is 1. The average molecular weight is 352 g/mol. The molecule has 2 aromatic rings. The Morgan fingerprint density at radius 2 is 2.08 bits per heavy atom. The first-order chi connectivity index (χ1) is 12.5. The van der Waals surface area contributed by atoms with Crippen molar-refractivity contribution < 1.29 is 14.4 Å². The maximum absolute atomic E-state index is 12.6. The highest BCUT2D eigenvalue weighted by Crippen LogP contribution is 2.28. The standard InChI is InChI=1S/C19H20N4O3/c1-11(25)22-18-9-13(6-7-21-18)19(26)23-17-5-2-12-8-14(20)3-4-15(12)16(17)10-24/h2,5-7,9-10,14H,3-4,8,20H2,1H3,(H,23,26)(H,21,22,25)/t14-/m0/s1. The average Bonchev–Trinajstić information content (AvgIpc) is 2.61. The van der Waals surface area contributed by atoms with E-state index >= 15 is 0 Å². The lowest BCUT2D eigenvalue weighted by molar-refractivity contribution is -0.114. The van der Waals surface area contributed by atoms with Gasteiger partial charge in [0.1, 0.15) is 5.82 Å². The highest BCUT2D eigenvalue weighted by atomic mass is 16.2. The van der Waals surface area contributed by atoms with E-state index in [2.05, 4.69) is 15.6 Å². The van der Waals surface area contributed by atoms with Crippen molar-refractivity contribution in [1.82, 2.24) is 4.98 Å². The van der Waals surface area contributed by atoms with Crippen LogP contribution >= 0.6 is 0 Å². The molecule has 0 saturated heterocycles. The Morgan fingerprint density at radius 1 is 1.27 bits per heavy atom. The summed E-state index contributed by atoms with van der Waals surface area (Å²) in [6, 6.07) is 6.76. The Hall–Kier alpha value is -3.06. The molecule has 1 aromatic carbocycles. The molecule has 0 bridgehead atoms. The Balaban J connectivity index is 1.86. The number of rotatable bonds is 4. The number of fused-ring (bicyclic) bond motifs is 1. The smallest absolute Gasteiger partial charge is 0.255 e. The van der Waals surface area contributed by atoms with Gasteiger partial charge in [-0.15, -0.1) is 0 Å². The van der Waals surface area contributed by atoms with Gasteiger partial charge in [-0.3, -0.25) is 14.4 Å². The van der Waals surface area contributed by atoms with Crippen LogP contribution in [-0.2, 0) is 17.6 Å². The summed E-state index contributed by atoms with van der Waals surface area (Å²) in [6.45, 7) is 1.36. The first-order valence-corrected chi connectivity index (χ1v) is 8.38. The van der Waals surface area contributed by atoms with Crippen LogP contribution in [-0.4, -0.2) is 29.1 Å². The highest BCUT2D eigenvalue weighted by Gasteiger charge is 2.21. The van der Waals surface area contributed by atoms with Gasteiger partial charge in [-0.25, -0.2) is 4.98 Å². The minimum absolute atomic E-state index is 0.103. The lowest BCUT2D eigenvalue weighted by atomic mass is 9.85. The maximum Gasteiger partial charge on any atom is 0.255 e. The molecule has 3 rings (SSSR count). The van der Waals surface area contributed by atoms with E-state index in [-0.39, 0.29) is 17.9 Å². The number of aldehydes is 1. The predicted molar refractivity (Wildman–Crippen MR) is 98.3 cm³/mol. The number of amides is 2. The molecule has 1 atom stereocenters. The summed E-state index contributed by atoms with van der Waals surface area (Å²) in [5.74, 6) is -0.360. The van der Waals surface area contributed by atoms with Crippen LogP contribution < -0.4 is 16.4 Å². The van der Waals surface area contributed by atoms with Gasteiger partial charge in [0, 0.05) is 30.3 Å². The van der Waals surface area contributed by atoms with E-state index in [1.165, 1.54) is 19.2 Å². The van der Waals surface area contributed by atoms with Crippen LogP contribution in [0.1, 0.15) is 45.2 Å². The molecular weight excluding hydrogens is 332 g/mol. The van der Waals surface area contributed by atoms with E-state index in [4.69, 9.17) is 5.73 Å². The highest BCUT2D eigenvalue weighted by molar-refractivity contribution is 6.07. The molecule has 7 heteroatoms. The number of carbonyl (C=O) groups excluding carboxylic acids is 3. The quantitative estimate of drug-likeness (QED) is 0.727. The summed E-state index contributed by atoms with van der Waals surface area (Å²) in [5, 5.41) is 5.31. The molecule has 0 aliphatic heterocycles. The second-order valence-electron chi connectivity index (χ2n) is 6.35. The third-order valence-corrected chi connectivity index (χ3v) is 4.39. The fourth-order valence-corrected chi connectivity index (χ4v) is 3.17. The van der Waals surface area contributed by atoms with Gasteiger partial charge in [0.05, 0.1) is 5.69 Å². The van der Waals surface area contributed by atoms with Gasteiger partial charge in [0.15, 0.2) is 6.29 Å². The van der Waals surface area contributed by atoms with Crippen LogP contribution in [0.2, 0.25) is 0 Å². The van der Waals surface area contributed by atoms with Crippen molar-refractivity contribution >= 4 is 29.6 Å². The summed E-state index contributed by atoms with van der Waals surface area (Å²) in [5.41, 5.74) is 9.30. The normalized spacial score (nSPS) is 15.7. The lowest BCUT2D eigenvalue weighted by Gasteiger charge is -2.24. The first kappa shape index (κ1) is 17.8. The second kappa shape index (κ2) is 7.45. The summed E-state index contributed by atoms with van der Waals surface area (Å²) < 4.78 is 0. The van der Waals surface area contributed by atoms with Crippen molar-refractivity contribution in [2.24, 2.45) is 5.73 Å². The van der Waals surface area contributed by atoms with Gasteiger partial charge in [0.25, 0.3) is 5.91 Å². The third-order valence-electron chi connectivity index (χ3n) is 4.39. The summed E-state index contributed by atoms with van der Waals surface area (Å²) in [4.78, 5) is 39.3. The number of pyridine rings is 1. The molecular formula is C19H20N4O3. The van der Waals surface area contributed by atoms with Crippen LogP contribution in [0.15, 0.2) is 30.5 Å². The van der Waals surface area contributed by atoms with Gasteiger partial charge in [-0.1, -0.05) is 6.07 Å². The molecule has 2 amide bonds. The van der Waals surface area contributed by atoms with E-state index in [1.54, 1.807) is 12.1 Å². The predicted octanol–water partition coefficient (Wildman–Crippen LogP) is 1.92. The van der Waals surface area contributed by atoms with Crippen LogP contribution in [0.25, 0.3) is 0 Å². The number of aromatic nitrogens is 1. The van der Waals surface area contributed by atoms with Crippen molar-refractivity contribution in [3.63, 3.8) is 0 Å². The molecule has 1 aliphatic rings. The third kappa shape index (κ3) is 3.78. The van der Waals surface area contributed by atoms with Crippen molar-refractivity contribution in [2.45, 2.75) is 32.2 Å². The zero-order valence-corrected chi connectivity index (χ0v) is 14.4. The zero-order valence-electron chi connectivity index (χ0n) is 14.4. The van der Waals surface area contributed by atoms with Gasteiger partial charge >= 0.3 is 0 Å². The molecule has 1 heterocycles. The molecule has 7 nitrogen and oxygen atoms in total. The molecule has 26 heavy (non-hydrogen) atoms. The van der Waals surface area contributed by atoms with E-state index in [1.807, 2.05) is 6.07 Å². The number of nitrogens with one attached hydrogen (secondary N) is 2. The molecule has 4 N–H and O–H groups in total. The van der Waals surface area contributed by atoms with Crippen LogP contribution in [0, 0.1) is 0 Å². The van der Waals surface area contributed by atoms with E-state index in [9.17, 15) is 14.4 Å². The zero-order chi connectivity index (χ0) is 18.7. The number of hydrogen-bond acceptors (Lipinski definition) is 5. The fourth-order valence-electron chi connectivity index (χ4n) is 3.17. The maximum atomic E-state index is 12.6. The summed E-state index contributed by atoms with van der Waals surface area (Å²) >= 11 is 0. The Morgan fingerprint density at radius 3 is 2.81 bits per heavy atom. The molecule has 1 aromatic heterocycles. The molecule has 0 fully saturated rings. The fraction of sp³-hybridized carbons (Fsp3) is 0.263. The van der Waals surface area contributed by atoms with Crippen LogP contribution in [0.4, 0.5) is 11.5 Å². The summed E-state index contributed by atoms with van der Waals surface area (Å²) in [7, 11) is 0. The number of anilines is 2. The summed E-state index contributed by atoms with van der Waals surface area (Å²) in [6.07, 6.45) is 4.48. The van der Waals surface area contributed by atoms with Gasteiger partial charge in [-0.05, 0) is 48.6 Å². The minimum Gasteiger partial charge on any atom is -0.327 e.